The van der Waals surface area contributed by atoms with Crippen molar-refractivity contribution in [2.75, 3.05) is 0 Å². The zero-order valence-electron chi connectivity index (χ0n) is 16.3. The first-order valence-corrected chi connectivity index (χ1v) is 9.45. The molecule has 1 aromatic heterocycles. The van der Waals surface area contributed by atoms with E-state index in [0.29, 0.717) is 0 Å². The third-order valence-electron chi connectivity index (χ3n) is 4.82. The highest BCUT2D eigenvalue weighted by Gasteiger charge is 2.20. The van der Waals surface area contributed by atoms with E-state index in [4.69, 9.17) is 5.11 Å². The summed E-state index contributed by atoms with van der Waals surface area (Å²) < 4.78 is 15.6. The largest absolute Gasteiger partial charge is 0.479 e. The van der Waals surface area contributed by atoms with Gasteiger partial charge in [-0.2, -0.15) is 0 Å². The SMILES string of the molecule is CC(C)n1c(/C=C/C(O)CC(O)C(=O)O)c(-c2ccc(F)cc2)c2ccccc21. The van der Waals surface area contributed by atoms with E-state index in [2.05, 4.69) is 4.57 Å². The highest BCUT2D eigenvalue weighted by atomic mass is 19.1. The van der Waals surface area contributed by atoms with Gasteiger partial charge < -0.3 is 19.9 Å². The number of hydrogen-bond donors (Lipinski definition) is 3. The summed E-state index contributed by atoms with van der Waals surface area (Å²) in [5.74, 6) is -1.70. The minimum atomic E-state index is -1.64. The van der Waals surface area contributed by atoms with Crippen molar-refractivity contribution in [1.82, 2.24) is 4.57 Å². The molecule has 152 valence electrons. The molecule has 0 aliphatic heterocycles. The van der Waals surface area contributed by atoms with E-state index in [1.807, 2.05) is 38.1 Å². The van der Waals surface area contributed by atoms with E-state index in [-0.39, 0.29) is 18.3 Å². The standard InChI is InChI=1S/C23H24FNO4/c1-14(2)25-19-6-4-3-5-18(19)22(15-7-9-16(24)10-8-15)20(25)12-11-17(26)13-21(27)23(28)29/h3-12,14,17,21,26-27H,13H2,1-2H3,(H,28,29)/b12-11+. The fourth-order valence-electron chi connectivity index (χ4n) is 3.53. The molecule has 0 bridgehead atoms. The van der Waals surface area contributed by atoms with Crippen LogP contribution in [0.3, 0.4) is 0 Å². The van der Waals surface area contributed by atoms with Crippen LogP contribution in [0.4, 0.5) is 4.39 Å². The summed E-state index contributed by atoms with van der Waals surface area (Å²) >= 11 is 0. The van der Waals surface area contributed by atoms with Crippen LogP contribution in [0.2, 0.25) is 0 Å². The van der Waals surface area contributed by atoms with E-state index in [0.717, 1.165) is 27.7 Å². The molecule has 0 spiro atoms. The molecule has 2 atom stereocenters. The van der Waals surface area contributed by atoms with Crippen LogP contribution in [0, 0.1) is 5.82 Å². The zero-order valence-corrected chi connectivity index (χ0v) is 16.3. The van der Waals surface area contributed by atoms with Gasteiger partial charge in [-0.1, -0.05) is 36.4 Å². The summed E-state index contributed by atoms with van der Waals surface area (Å²) in [6.07, 6.45) is 0.145. The number of nitrogens with zero attached hydrogens (tertiary/aromatic N) is 1. The first kappa shape index (κ1) is 20.8. The van der Waals surface area contributed by atoms with E-state index >= 15 is 0 Å². The lowest BCUT2D eigenvalue weighted by Gasteiger charge is -2.14. The molecule has 6 heteroatoms. The van der Waals surface area contributed by atoms with Crippen molar-refractivity contribution in [3.8, 4) is 11.1 Å². The van der Waals surface area contributed by atoms with Crippen LogP contribution in [0.25, 0.3) is 28.1 Å². The molecule has 0 fully saturated rings. The Morgan fingerprint density at radius 3 is 2.38 bits per heavy atom. The Labute approximate surface area is 168 Å². The molecule has 2 aromatic carbocycles. The summed E-state index contributed by atoms with van der Waals surface area (Å²) in [6.45, 7) is 4.09. The van der Waals surface area contributed by atoms with Crippen LogP contribution >= 0.6 is 0 Å². The number of aliphatic carboxylic acids is 1. The van der Waals surface area contributed by atoms with Gasteiger partial charge in [-0.05, 0) is 43.7 Å². The third kappa shape index (κ3) is 4.39. The Hall–Kier alpha value is -2.96. The van der Waals surface area contributed by atoms with E-state index < -0.39 is 18.2 Å². The molecule has 0 saturated carbocycles. The predicted molar refractivity (Wildman–Crippen MR) is 111 cm³/mol. The maximum atomic E-state index is 13.5. The molecule has 2 unspecified atom stereocenters. The number of rotatable bonds is 7. The molecule has 0 aliphatic carbocycles. The fourth-order valence-corrected chi connectivity index (χ4v) is 3.53. The van der Waals surface area contributed by atoms with Crippen molar-refractivity contribution in [1.29, 1.82) is 0 Å². The van der Waals surface area contributed by atoms with Gasteiger partial charge >= 0.3 is 5.97 Å². The van der Waals surface area contributed by atoms with Crippen LogP contribution in [0.15, 0.2) is 54.6 Å². The molecule has 0 saturated heterocycles. The van der Waals surface area contributed by atoms with Gasteiger partial charge in [-0.3, -0.25) is 0 Å². The number of hydrogen-bond acceptors (Lipinski definition) is 3. The Morgan fingerprint density at radius 1 is 1.10 bits per heavy atom. The number of fused-ring (bicyclic) bond motifs is 1. The van der Waals surface area contributed by atoms with Crippen LogP contribution in [0.1, 0.15) is 32.0 Å². The van der Waals surface area contributed by atoms with Crippen molar-refractivity contribution in [3.63, 3.8) is 0 Å². The average molecular weight is 397 g/mol. The molecule has 5 nitrogen and oxygen atoms in total. The van der Waals surface area contributed by atoms with Crippen LogP contribution in [-0.4, -0.2) is 38.1 Å². The first-order valence-electron chi connectivity index (χ1n) is 9.45. The number of aliphatic hydroxyl groups is 2. The summed E-state index contributed by atoms with van der Waals surface area (Å²) in [5.41, 5.74) is 3.55. The average Bonchev–Trinajstić information content (AvgIpc) is 3.01. The second kappa shape index (κ2) is 8.59. The van der Waals surface area contributed by atoms with Crippen molar-refractivity contribution < 1.29 is 24.5 Å². The van der Waals surface area contributed by atoms with Gasteiger partial charge in [0.1, 0.15) is 5.82 Å². The van der Waals surface area contributed by atoms with Gasteiger partial charge in [0.15, 0.2) is 6.10 Å². The van der Waals surface area contributed by atoms with E-state index in [9.17, 15) is 19.4 Å². The fraction of sp³-hybridized carbons (Fsp3) is 0.261. The van der Waals surface area contributed by atoms with Gasteiger partial charge in [0.05, 0.1) is 6.10 Å². The zero-order chi connectivity index (χ0) is 21.1. The highest BCUT2D eigenvalue weighted by Crippen LogP contribution is 2.38. The van der Waals surface area contributed by atoms with Gasteiger partial charge in [-0.25, -0.2) is 9.18 Å². The number of carbonyl (C=O) groups is 1. The van der Waals surface area contributed by atoms with Crippen molar-refractivity contribution >= 4 is 22.9 Å². The lowest BCUT2D eigenvalue weighted by atomic mass is 10.0. The second-order valence-corrected chi connectivity index (χ2v) is 7.26. The maximum absolute atomic E-state index is 13.5. The summed E-state index contributed by atoms with van der Waals surface area (Å²) in [5, 5.41) is 29.5. The number of aromatic nitrogens is 1. The van der Waals surface area contributed by atoms with Crippen molar-refractivity contribution in [2.45, 2.75) is 38.5 Å². The van der Waals surface area contributed by atoms with Gasteiger partial charge in [0.25, 0.3) is 0 Å². The van der Waals surface area contributed by atoms with Crippen molar-refractivity contribution in [2.24, 2.45) is 0 Å². The molecule has 3 aromatic rings. The number of carboxylic acids is 1. The van der Waals surface area contributed by atoms with E-state index in [1.165, 1.54) is 18.2 Å². The third-order valence-corrected chi connectivity index (χ3v) is 4.82. The number of carboxylic acid groups (broad SMARTS) is 1. The van der Waals surface area contributed by atoms with Gasteiger partial charge in [0.2, 0.25) is 0 Å². The molecular weight excluding hydrogens is 373 g/mol. The lowest BCUT2D eigenvalue weighted by Crippen LogP contribution is -2.24. The highest BCUT2D eigenvalue weighted by molar-refractivity contribution is 6.01. The molecule has 0 radical (unpaired) electrons. The lowest BCUT2D eigenvalue weighted by molar-refractivity contribution is -0.147. The minimum absolute atomic E-state index is 0.107. The molecule has 1 heterocycles. The Balaban J connectivity index is 2.14. The van der Waals surface area contributed by atoms with E-state index in [1.54, 1.807) is 18.2 Å². The number of halogens is 1. The normalized spacial score (nSPS) is 14.0. The Bertz CT molecular complexity index is 1040. The molecule has 0 aliphatic rings. The van der Waals surface area contributed by atoms with Crippen LogP contribution in [0.5, 0.6) is 0 Å². The number of aliphatic hydroxyl groups excluding tert-OH is 2. The van der Waals surface area contributed by atoms with Gasteiger partial charge in [-0.15, -0.1) is 0 Å². The molecule has 29 heavy (non-hydrogen) atoms. The maximum Gasteiger partial charge on any atom is 0.332 e. The summed E-state index contributed by atoms with van der Waals surface area (Å²) in [4.78, 5) is 10.8. The number of para-hydroxylation sites is 1. The monoisotopic (exact) mass is 397 g/mol. The van der Waals surface area contributed by atoms with Crippen molar-refractivity contribution in [3.05, 3.63) is 66.1 Å². The number of benzene rings is 2. The second-order valence-electron chi connectivity index (χ2n) is 7.26. The smallest absolute Gasteiger partial charge is 0.332 e. The van der Waals surface area contributed by atoms with Crippen LogP contribution in [-0.2, 0) is 4.79 Å². The topological polar surface area (TPSA) is 82.7 Å². The molecule has 0 amide bonds. The quantitative estimate of drug-likeness (QED) is 0.557. The van der Waals surface area contributed by atoms with Gasteiger partial charge in [0, 0.05) is 34.6 Å². The first-order chi connectivity index (χ1) is 13.8. The molecule has 3 N–H and O–H groups in total. The summed E-state index contributed by atoms with van der Waals surface area (Å²) in [7, 11) is 0. The predicted octanol–water partition coefficient (Wildman–Crippen LogP) is 4.24. The minimum Gasteiger partial charge on any atom is -0.479 e. The summed E-state index contributed by atoms with van der Waals surface area (Å²) in [6, 6.07) is 14.2. The molecule has 3 rings (SSSR count). The molecular formula is C23H24FNO4. The van der Waals surface area contributed by atoms with Crippen LogP contribution < -0.4 is 0 Å². The Kier molecular flexibility index (Phi) is 6.15. The Morgan fingerprint density at radius 2 is 1.76 bits per heavy atom.